The van der Waals surface area contributed by atoms with Crippen LogP contribution in [0.15, 0.2) is 23.4 Å². The second-order valence-corrected chi connectivity index (χ2v) is 3.96. The number of hydrogen-bond acceptors (Lipinski definition) is 4. The Hall–Kier alpha value is -1.57. The maximum Gasteiger partial charge on any atom is 0.122 e. The van der Waals surface area contributed by atoms with Crippen molar-refractivity contribution in [2.75, 3.05) is 6.61 Å². The predicted molar refractivity (Wildman–Crippen MR) is 63.7 cm³/mol. The second kappa shape index (κ2) is 5.17. The Labute approximate surface area is 104 Å². The van der Waals surface area contributed by atoms with E-state index in [1.807, 2.05) is 0 Å². The Balaban J connectivity index is 2.41. The molecule has 1 N–H and O–H groups in total. The highest BCUT2D eigenvalue weighted by Crippen LogP contribution is 2.25. The minimum Gasteiger partial charge on any atom is -0.395 e. The van der Waals surface area contributed by atoms with Crippen LogP contribution in [0.5, 0.6) is 0 Å². The van der Waals surface area contributed by atoms with Gasteiger partial charge in [0.2, 0.25) is 0 Å². The summed E-state index contributed by atoms with van der Waals surface area (Å²) in [5, 5.41) is 23.0. The first-order valence-electron chi connectivity index (χ1n) is 5.22. The molecule has 1 heterocycles. The van der Waals surface area contributed by atoms with Gasteiger partial charge in [-0.2, -0.15) is 5.26 Å². The van der Waals surface area contributed by atoms with Gasteiger partial charge in [0.1, 0.15) is 12.7 Å². The van der Waals surface area contributed by atoms with Crippen LogP contribution < -0.4 is 0 Å². The van der Waals surface area contributed by atoms with E-state index in [4.69, 9.17) is 21.7 Å². The van der Waals surface area contributed by atoms with Gasteiger partial charge < -0.3 is 9.94 Å². The number of alkyl halides is 1. The summed E-state index contributed by atoms with van der Waals surface area (Å²) in [6.07, 6.45) is -0.313. The highest BCUT2D eigenvalue weighted by Gasteiger charge is 2.23. The number of aliphatic hydroxyl groups excluding tert-OH is 1. The van der Waals surface area contributed by atoms with Crippen LogP contribution in [0.1, 0.15) is 29.2 Å². The molecule has 5 heteroatoms. The number of benzene rings is 1. The van der Waals surface area contributed by atoms with E-state index >= 15 is 0 Å². The van der Waals surface area contributed by atoms with Crippen LogP contribution in [0.3, 0.4) is 0 Å². The third-order valence-corrected chi connectivity index (χ3v) is 2.97. The molecule has 88 valence electrons. The maximum atomic E-state index is 10.1. The minimum absolute atomic E-state index is 0.242. The molecule has 0 saturated heterocycles. The van der Waals surface area contributed by atoms with Crippen molar-refractivity contribution in [3.05, 3.63) is 34.9 Å². The highest BCUT2D eigenvalue weighted by atomic mass is 35.5. The number of oxime groups is 1. The van der Waals surface area contributed by atoms with E-state index in [0.717, 1.165) is 0 Å². The number of hydrogen-bond donors (Lipinski definition) is 1. The van der Waals surface area contributed by atoms with Gasteiger partial charge in [-0.15, -0.1) is 11.6 Å². The van der Waals surface area contributed by atoms with Crippen molar-refractivity contribution in [1.29, 1.82) is 5.26 Å². The smallest absolute Gasteiger partial charge is 0.122 e. The van der Waals surface area contributed by atoms with Crippen molar-refractivity contribution < 1.29 is 9.94 Å². The van der Waals surface area contributed by atoms with Gasteiger partial charge >= 0.3 is 0 Å². The summed E-state index contributed by atoms with van der Waals surface area (Å²) in [6, 6.07) is 7.33. The third kappa shape index (κ3) is 2.26. The summed E-state index contributed by atoms with van der Waals surface area (Å²) in [6.45, 7) is 0.476. The van der Waals surface area contributed by atoms with Gasteiger partial charge in [0.05, 0.1) is 17.3 Å². The van der Waals surface area contributed by atoms with E-state index < -0.39 is 6.10 Å². The summed E-state index contributed by atoms with van der Waals surface area (Å²) >= 11 is 5.76. The molecule has 1 aliphatic rings. The van der Waals surface area contributed by atoms with Crippen LogP contribution in [0.2, 0.25) is 0 Å². The molecule has 0 spiro atoms. The van der Waals surface area contributed by atoms with Gasteiger partial charge in [0, 0.05) is 17.9 Å². The Morgan fingerprint density at radius 1 is 1.59 bits per heavy atom. The van der Waals surface area contributed by atoms with E-state index in [1.165, 1.54) is 0 Å². The molecule has 0 radical (unpaired) electrons. The fourth-order valence-corrected chi connectivity index (χ4v) is 2.01. The second-order valence-electron chi connectivity index (χ2n) is 3.70. The van der Waals surface area contributed by atoms with Crippen LogP contribution in [-0.2, 0) is 10.7 Å². The van der Waals surface area contributed by atoms with Crippen LogP contribution in [0.4, 0.5) is 0 Å². The normalized spacial score (nSPS) is 15.9. The average molecular weight is 251 g/mol. The lowest BCUT2D eigenvalue weighted by molar-refractivity contribution is 0.172. The molecule has 0 fully saturated rings. The first kappa shape index (κ1) is 11.9. The summed E-state index contributed by atoms with van der Waals surface area (Å²) in [5.41, 5.74) is 2.22. The van der Waals surface area contributed by atoms with Gasteiger partial charge in [-0.05, 0) is 5.56 Å². The van der Waals surface area contributed by atoms with Crippen molar-refractivity contribution in [2.45, 2.75) is 18.4 Å². The molecule has 1 atom stereocenters. The summed E-state index contributed by atoms with van der Waals surface area (Å²) in [5.74, 6) is 0.242. The fraction of sp³-hybridized carbons (Fsp3) is 0.333. The lowest BCUT2D eigenvalue weighted by atomic mass is 9.95. The predicted octanol–water partition coefficient (Wildman–Crippen LogP) is 2.11. The summed E-state index contributed by atoms with van der Waals surface area (Å²) < 4.78 is 0. The van der Waals surface area contributed by atoms with E-state index in [9.17, 15) is 5.11 Å². The first-order valence-corrected chi connectivity index (χ1v) is 5.76. The van der Waals surface area contributed by atoms with E-state index in [1.54, 1.807) is 18.2 Å². The largest absolute Gasteiger partial charge is 0.395 e. The van der Waals surface area contributed by atoms with Crippen LogP contribution >= 0.6 is 11.6 Å². The van der Waals surface area contributed by atoms with Gasteiger partial charge in [-0.1, -0.05) is 23.4 Å². The molecule has 1 aromatic carbocycles. The monoisotopic (exact) mass is 250 g/mol. The Morgan fingerprint density at radius 3 is 3.00 bits per heavy atom. The van der Waals surface area contributed by atoms with Gasteiger partial charge in [-0.3, -0.25) is 0 Å². The molecule has 0 amide bonds. The average Bonchev–Trinajstić information content (AvgIpc) is 2.90. The number of nitrogens with zero attached hydrogens (tertiary/aromatic N) is 2. The minimum atomic E-state index is -0.893. The highest BCUT2D eigenvalue weighted by molar-refractivity contribution is 6.17. The standard InChI is InChI=1S/C12H11ClN2O2/c13-6-8-2-1-3-9(10(8)7-14)12(16)11-4-5-17-15-11/h1-3,12,16H,4-6H2. The van der Waals surface area contributed by atoms with Crippen LogP contribution in [-0.4, -0.2) is 17.4 Å². The molecule has 4 nitrogen and oxygen atoms in total. The zero-order chi connectivity index (χ0) is 12.3. The SMILES string of the molecule is N#Cc1c(CCl)cccc1C(O)C1=NOCC1. The molecule has 0 saturated carbocycles. The molecule has 0 aliphatic carbocycles. The molecule has 0 aromatic heterocycles. The molecule has 1 aliphatic heterocycles. The summed E-state index contributed by atoms with van der Waals surface area (Å²) in [4.78, 5) is 4.85. The molecule has 1 unspecified atom stereocenters. The van der Waals surface area contributed by atoms with E-state index in [2.05, 4.69) is 11.2 Å². The Bertz CT molecular complexity index is 494. The zero-order valence-corrected chi connectivity index (χ0v) is 9.81. The van der Waals surface area contributed by atoms with Crippen molar-refractivity contribution >= 4 is 17.3 Å². The Kier molecular flexibility index (Phi) is 3.62. The fourth-order valence-electron chi connectivity index (χ4n) is 1.79. The van der Waals surface area contributed by atoms with Crippen LogP contribution in [0.25, 0.3) is 0 Å². The van der Waals surface area contributed by atoms with Crippen LogP contribution in [0, 0.1) is 11.3 Å². The summed E-state index contributed by atoms with van der Waals surface area (Å²) in [7, 11) is 0. The lowest BCUT2D eigenvalue weighted by Crippen LogP contribution is -2.12. The van der Waals surface area contributed by atoms with Crippen molar-refractivity contribution in [3.8, 4) is 6.07 Å². The van der Waals surface area contributed by atoms with Gasteiger partial charge in [-0.25, -0.2) is 0 Å². The zero-order valence-electron chi connectivity index (χ0n) is 9.06. The maximum absolute atomic E-state index is 10.1. The van der Waals surface area contributed by atoms with Crippen molar-refractivity contribution in [1.82, 2.24) is 0 Å². The molecule has 0 bridgehead atoms. The first-order chi connectivity index (χ1) is 8.27. The lowest BCUT2D eigenvalue weighted by Gasteiger charge is -2.13. The number of rotatable bonds is 3. The third-order valence-electron chi connectivity index (χ3n) is 2.68. The molecular formula is C12H11ClN2O2. The topological polar surface area (TPSA) is 65.6 Å². The van der Waals surface area contributed by atoms with Gasteiger partial charge in [0.15, 0.2) is 0 Å². The quantitative estimate of drug-likeness (QED) is 0.836. The molecule has 2 rings (SSSR count). The van der Waals surface area contributed by atoms with E-state index in [0.29, 0.717) is 35.4 Å². The number of aliphatic hydroxyl groups is 1. The van der Waals surface area contributed by atoms with Crippen molar-refractivity contribution in [3.63, 3.8) is 0 Å². The molecule has 1 aromatic rings. The molecular weight excluding hydrogens is 240 g/mol. The Morgan fingerprint density at radius 2 is 2.41 bits per heavy atom. The van der Waals surface area contributed by atoms with Crippen molar-refractivity contribution in [2.24, 2.45) is 5.16 Å². The van der Waals surface area contributed by atoms with E-state index in [-0.39, 0.29) is 5.88 Å². The molecule has 17 heavy (non-hydrogen) atoms. The van der Waals surface area contributed by atoms with Gasteiger partial charge in [0.25, 0.3) is 0 Å². The number of halogens is 1. The number of nitriles is 1.